The van der Waals surface area contributed by atoms with Crippen LogP contribution in [0.2, 0.25) is 25.2 Å². The summed E-state index contributed by atoms with van der Waals surface area (Å²) in [6, 6.07) is 1.94. The van der Waals surface area contributed by atoms with E-state index in [4.69, 9.17) is 8.85 Å². The van der Waals surface area contributed by atoms with Crippen molar-refractivity contribution in [2.24, 2.45) is 0 Å². The van der Waals surface area contributed by atoms with E-state index in [1.54, 1.807) is 0 Å². The Morgan fingerprint density at radius 1 is 0.933 bits per heavy atom. The van der Waals surface area contributed by atoms with Crippen LogP contribution in [0.4, 0.5) is 0 Å². The second-order valence-electron chi connectivity index (χ2n) is 3.77. The molecule has 0 N–H and O–H groups in total. The molecule has 0 heterocycles. The zero-order valence-electron chi connectivity index (χ0n) is 9.91. The monoisotopic (exact) mass is 248 g/mol. The highest BCUT2D eigenvalue weighted by atomic mass is 28.3. The lowest BCUT2D eigenvalue weighted by molar-refractivity contribution is -0.133. The minimum absolute atomic E-state index is 0.181. The smallest absolute Gasteiger partial charge is 0.289 e. The summed E-state index contributed by atoms with van der Waals surface area (Å²) in [7, 11) is -2.64. The topological polar surface area (TPSA) is 52.6 Å². The molecular formula is C9H20O4Si2. The average Bonchev–Trinajstić information content (AvgIpc) is 2.00. The van der Waals surface area contributed by atoms with E-state index in [1.165, 1.54) is 13.8 Å². The Balaban J connectivity index is 3.52. The highest BCUT2D eigenvalue weighted by Gasteiger charge is 2.12. The second kappa shape index (κ2) is 7.64. The Kier molecular flexibility index (Phi) is 7.32. The molecule has 0 bridgehead atoms. The molecule has 0 spiro atoms. The first kappa shape index (κ1) is 14.4. The summed E-state index contributed by atoms with van der Waals surface area (Å²) in [5.41, 5.74) is 0. The maximum Gasteiger partial charge on any atom is 0.289 e. The molecule has 4 nitrogen and oxygen atoms in total. The molecule has 0 aliphatic carbocycles. The van der Waals surface area contributed by atoms with Crippen molar-refractivity contribution in [2.45, 2.75) is 45.5 Å². The first-order chi connectivity index (χ1) is 6.91. The number of carbonyl (C=O) groups excluding carboxylic acids is 2. The Hall–Kier alpha value is -0.626. The van der Waals surface area contributed by atoms with E-state index in [0.717, 1.165) is 18.5 Å². The summed E-state index contributed by atoms with van der Waals surface area (Å²) in [6.45, 7) is 6.92. The molecular weight excluding hydrogens is 228 g/mol. The molecule has 0 saturated heterocycles. The fraction of sp³-hybridized carbons (Fsp3) is 0.778. The van der Waals surface area contributed by atoms with E-state index in [-0.39, 0.29) is 11.9 Å². The number of hydrogen-bond donors (Lipinski definition) is 0. The summed E-state index contributed by atoms with van der Waals surface area (Å²) in [5.74, 6) is -0.362. The molecule has 0 aliphatic rings. The lowest BCUT2D eigenvalue weighted by Crippen LogP contribution is -2.19. The van der Waals surface area contributed by atoms with E-state index >= 15 is 0 Å². The third kappa shape index (κ3) is 9.67. The SMILES string of the molecule is CC(=O)O[SiH](C)CCC[SiH](C)OC(C)=O. The quantitative estimate of drug-likeness (QED) is 0.663. The van der Waals surface area contributed by atoms with E-state index < -0.39 is 18.1 Å². The maximum absolute atomic E-state index is 10.6. The summed E-state index contributed by atoms with van der Waals surface area (Å²) in [5, 5.41) is 0. The van der Waals surface area contributed by atoms with Crippen LogP contribution in [-0.4, -0.2) is 30.0 Å². The molecule has 0 aromatic carbocycles. The van der Waals surface area contributed by atoms with Crippen molar-refractivity contribution < 1.29 is 18.4 Å². The van der Waals surface area contributed by atoms with Gasteiger partial charge in [0.15, 0.2) is 0 Å². The van der Waals surface area contributed by atoms with E-state index in [0.29, 0.717) is 0 Å². The van der Waals surface area contributed by atoms with Gasteiger partial charge in [-0.1, -0.05) is 6.42 Å². The Labute approximate surface area is 94.4 Å². The normalized spacial score (nSPS) is 14.1. The number of hydrogen-bond acceptors (Lipinski definition) is 4. The molecule has 0 rings (SSSR count). The van der Waals surface area contributed by atoms with Gasteiger partial charge in [-0.2, -0.15) is 0 Å². The first-order valence-corrected chi connectivity index (χ1v) is 10.1. The minimum Gasteiger partial charge on any atom is -0.522 e. The lowest BCUT2D eigenvalue weighted by Gasteiger charge is -2.12. The zero-order chi connectivity index (χ0) is 11.8. The second-order valence-corrected chi connectivity index (χ2v) is 8.64. The third-order valence-corrected chi connectivity index (χ3v) is 5.87. The molecule has 0 amide bonds. The van der Waals surface area contributed by atoms with Crippen LogP contribution in [0.1, 0.15) is 20.3 Å². The molecule has 0 aliphatic heterocycles. The van der Waals surface area contributed by atoms with Crippen LogP contribution in [-0.2, 0) is 18.4 Å². The molecule has 6 heteroatoms. The van der Waals surface area contributed by atoms with Gasteiger partial charge in [0.25, 0.3) is 11.9 Å². The summed E-state index contributed by atoms with van der Waals surface area (Å²) >= 11 is 0. The molecule has 0 fully saturated rings. The number of rotatable bonds is 6. The highest BCUT2D eigenvalue weighted by Crippen LogP contribution is 2.07. The first-order valence-electron chi connectivity index (χ1n) is 5.26. The van der Waals surface area contributed by atoms with Crippen molar-refractivity contribution in [1.29, 1.82) is 0 Å². The van der Waals surface area contributed by atoms with Gasteiger partial charge in [-0.15, -0.1) is 0 Å². The maximum atomic E-state index is 10.6. The fourth-order valence-corrected chi connectivity index (χ4v) is 4.84. The van der Waals surface area contributed by atoms with Gasteiger partial charge in [0.2, 0.25) is 18.1 Å². The van der Waals surface area contributed by atoms with E-state index in [9.17, 15) is 9.59 Å². The molecule has 0 radical (unpaired) electrons. The van der Waals surface area contributed by atoms with Crippen molar-refractivity contribution in [2.75, 3.05) is 0 Å². The lowest BCUT2D eigenvalue weighted by atomic mass is 10.6. The molecule has 0 saturated carbocycles. The van der Waals surface area contributed by atoms with Crippen LogP contribution < -0.4 is 0 Å². The molecule has 2 atom stereocenters. The van der Waals surface area contributed by atoms with Crippen LogP contribution in [0, 0.1) is 0 Å². The van der Waals surface area contributed by atoms with Gasteiger partial charge in [0, 0.05) is 13.8 Å². The van der Waals surface area contributed by atoms with Gasteiger partial charge < -0.3 is 8.85 Å². The van der Waals surface area contributed by atoms with Crippen molar-refractivity contribution in [3.63, 3.8) is 0 Å². The van der Waals surface area contributed by atoms with Crippen molar-refractivity contribution >= 4 is 30.0 Å². The van der Waals surface area contributed by atoms with Crippen LogP contribution in [0.25, 0.3) is 0 Å². The Morgan fingerprint density at radius 3 is 1.53 bits per heavy atom. The highest BCUT2D eigenvalue weighted by molar-refractivity contribution is 6.54. The summed E-state index contributed by atoms with van der Waals surface area (Å²) in [4.78, 5) is 21.3. The third-order valence-electron chi connectivity index (χ3n) is 1.96. The largest absolute Gasteiger partial charge is 0.522 e. The van der Waals surface area contributed by atoms with Crippen molar-refractivity contribution in [3.05, 3.63) is 0 Å². The van der Waals surface area contributed by atoms with Crippen molar-refractivity contribution in [1.82, 2.24) is 0 Å². The Morgan fingerprint density at radius 2 is 1.27 bits per heavy atom. The van der Waals surface area contributed by atoms with E-state index in [2.05, 4.69) is 0 Å². The van der Waals surface area contributed by atoms with Crippen LogP contribution >= 0.6 is 0 Å². The molecule has 0 aromatic rings. The van der Waals surface area contributed by atoms with Gasteiger partial charge >= 0.3 is 0 Å². The predicted molar refractivity (Wildman–Crippen MR) is 63.8 cm³/mol. The number of carbonyl (C=O) groups is 2. The van der Waals surface area contributed by atoms with Crippen LogP contribution in [0.3, 0.4) is 0 Å². The summed E-state index contributed by atoms with van der Waals surface area (Å²) < 4.78 is 10.2. The standard InChI is InChI=1S/C9H20O4Si2/c1-8(10)12-14(3)6-5-7-15(4)13-9(2)11/h14-15H,5-7H2,1-4H3. The molecule has 15 heavy (non-hydrogen) atoms. The summed E-state index contributed by atoms with van der Waals surface area (Å²) in [6.07, 6.45) is 1.00. The van der Waals surface area contributed by atoms with Crippen molar-refractivity contribution in [3.8, 4) is 0 Å². The average molecular weight is 248 g/mol. The zero-order valence-corrected chi connectivity index (χ0v) is 12.2. The minimum atomic E-state index is -1.32. The molecule has 88 valence electrons. The molecule has 0 aromatic heterocycles. The van der Waals surface area contributed by atoms with E-state index in [1.807, 2.05) is 13.1 Å². The van der Waals surface area contributed by atoms with Gasteiger partial charge in [0.1, 0.15) is 0 Å². The van der Waals surface area contributed by atoms with Crippen LogP contribution in [0.5, 0.6) is 0 Å². The molecule has 2 unspecified atom stereocenters. The van der Waals surface area contributed by atoms with Gasteiger partial charge in [-0.25, -0.2) is 0 Å². The fourth-order valence-electron chi connectivity index (χ4n) is 1.38. The van der Waals surface area contributed by atoms with Crippen LogP contribution in [0.15, 0.2) is 0 Å². The predicted octanol–water partition coefficient (Wildman–Crippen LogP) is 1.21. The van der Waals surface area contributed by atoms with Gasteiger partial charge in [-0.05, 0) is 25.2 Å². The van der Waals surface area contributed by atoms with Gasteiger partial charge in [0.05, 0.1) is 0 Å². The Bertz CT molecular complexity index is 198. The van der Waals surface area contributed by atoms with Gasteiger partial charge in [-0.3, -0.25) is 9.59 Å².